The summed E-state index contributed by atoms with van der Waals surface area (Å²) in [6, 6.07) is 10.0. The first-order valence-electron chi connectivity index (χ1n) is 11.5. The Morgan fingerprint density at radius 2 is 2.06 bits per heavy atom. The second kappa shape index (κ2) is 10.3. The number of halogens is 1. The van der Waals surface area contributed by atoms with Gasteiger partial charge in [0.25, 0.3) is 0 Å². The van der Waals surface area contributed by atoms with E-state index in [4.69, 9.17) is 4.74 Å². The molecule has 1 aliphatic carbocycles. The van der Waals surface area contributed by atoms with Gasteiger partial charge in [0.05, 0.1) is 6.61 Å². The van der Waals surface area contributed by atoms with Gasteiger partial charge in [-0.15, -0.1) is 10.2 Å². The molecule has 2 N–H and O–H groups in total. The van der Waals surface area contributed by atoms with Crippen LogP contribution in [0.15, 0.2) is 30.3 Å². The molecule has 2 heterocycles. The van der Waals surface area contributed by atoms with Crippen molar-refractivity contribution in [2.75, 3.05) is 13.2 Å². The maximum atomic E-state index is 15.5. The van der Waals surface area contributed by atoms with Crippen LogP contribution in [0.4, 0.5) is 4.39 Å². The van der Waals surface area contributed by atoms with E-state index in [0.29, 0.717) is 50.5 Å². The number of tetrazole rings is 1. The number of alkyl halides is 1. The number of rotatable bonds is 9. The van der Waals surface area contributed by atoms with Crippen LogP contribution in [-0.4, -0.2) is 51.5 Å². The number of carbonyl (C=O) groups excluding carboxylic acids is 1. The molecule has 1 saturated heterocycles. The molecule has 1 aliphatic heterocycles. The van der Waals surface area contributed by atoms with Gasteiger partial charge in [0.15, 0.2) is 5.82 Å². The molecule has 1 aromatic heterocycles. The zero-order chi connectivity index (χ0) is 21.5. The normalized spacial score (nSPS) is 28.1. The molecule has 0 bridgehead atoms. The van der Waals surface area contributed by atoms with Gasteiger partial charge in [0, 0.05) is 6.42 Å². The maximum Gasteiger partial charge on any atom is 0.323 e. The van der Waals surface area contributed by atoms with E-state index in [1.807, 2.05) is 18.2 Å². The van der Waals surface area contributed by atoms with Crippen LogP contribution in [0.3, 0.4) is 0 Å². The standard InChI is InChI=1S/C23H32FN5O2/c24-23(12-10-21-26-28-29-27-21)11-9-18-16-25-20(14-19(18)15-23)22(30)31-13-5-4-8-17-6-2-1-3-7-17/h1-3,6-7,18-20,25H,4-5,8-16H2,(H,26,27,28,29)/t18-,19-,20-,23-/m0/s1. The minimum absolute atomic E-state index is 0.194. The number of esters is 1. The van der Waals surface area contributed by atoms with Crippen LogP contribution in [0.2, 0.25) is 0 Å². The molecule has 168 valence electrons. The third-order valence-electron chi connectivity index (χ3n) is 6.84. The van der Waals surface area contributed by atoms with Crippen molar-refractivity contribution in [3.63, 3.8) is 0 Å². The molecule has 4 atom stereocenters. The van der Waals surface area contributed by atoms with E-state index in [0.717, 1.165) is 32.2 Å². The molecule has 4 rings (SSSR count). The van der Waals surface area contributed by atoms with Gasteiger partial charge in [0.1, 0.15) is 11.7 Å². The van der Waals surface area contributed by atoms with E-state index < -0.39 is 5.67 Å². The Morgan fingerprint density at radius 1 is 1.19 bits per heavy atom. The van der Waals surface area contributed by atoms with Gasteiger partial charge < -0.3 is 10.1 Å². The number of nitrogens with one attached hydrogen (secondary N) is 2. The maximum absolute atomic E-state index is 15.5. The first kappa shape index (κ1) is 21.9. The predicted molar refractivity (Wildman–Crippen MR) is 114 cm³/mol. The summed E-state index contributed by atoms with van der Waals surface area (Å²) >= 11 is 0. The number of unbranched alkanes of at least 4 members (excludes halogenated alkanes) is 1. The summed E-state index contributed by atoms with van der Waals surface area (Å²) in [7, 11) is 0. The average Bonchev–Trinajstić information content (AvgIpc) is 3.31. The largest absolute Gasteiger partial charge is 0.465 e. The molecular weight excluding hydrogens is 397 g/mol. The third kappa shape index (κ3) is 6.09. The lowest BCUT2D eigenvalue weighted by atomic mass is 9.67. The lowest BCUT2D eigenvalue weighted by molar-refractivity contribution is -0.148. The van der Waals surface area contributed by atoms with Crippen LogP contribution >= 0.6 is 0 Å². The molecule has 7 nitrogen and oxygen atoms in total. The second-order valence-electron chi connectivity index (χ2n) is 9.05. The highest BCUT2D eigenvalue weighted by atomic mass is 19.1. The Kier molecular flexibility index (Phi) is 7.27. The number of fused-ring (bicyclic) bond motifs is 1. The molecule has 0 radical (unpaired) electrons. The quantitative estimate of drug-likeness (QED) is 0.470. The summed E-state index contributed by atoms with van der Waals surface area (Å²) in [5.41, 5.74) is 0.0885. The van der Waals surface area contributed by atoms with Crippen molar-refractivity contribution < 1.29 is 13.9 Å². The summed E-state index contributed by atoms with van der Waals surface area (Å²) in [5, 5.41) is 17.1. The van der Waals surface area contributed by atoms with Gasteiger partial charge in [0.2, 0.25) is 0 Å². The van der Waals surface area contributed by atoms with Gasteiger partial charge in [-0.1, -0.05) is 35.5 Å². The van der Waals surface area contributed by atoms with Gasteiger partial charge in [-0.25, -0.2) is 4.39 Å². The molecule has 0 spiro atoms. The Morgan fingerprint density at radius 3 is 2.87 bits per heavy atom. The Labute approximate surface area is 182 Å². The molecule has 2 aliphatic rings. The third-order valence-corrected chi connectivity index (χ3v) is 6.84. The summed E-state index contributed by atoms with van der Waals surface area (Å²) in [6.45, 7) is 1.20. The Balaban J connectivity index is 1.18. The molecule has 8 heteroatoms. The van der Waals surface area contributed by atoms with E-state index in [1.54, 1.807) is 0 Å². The Bertz CT molecular complexity index is 819. The molecule has 0 amide bonds. The van der Waals surface area contributed by atoms with E-state index in [2.05, 4.69) is 38.1 Å². The number of aromatic nitrogens is 4. The van der Waals surface area contributed by atoms with Crippen molar-refractivity contribution in [3.05, 3.63) is 41.7 Å². The second-order valence-corrected chi connectivity index (χ2v) is 9.05. The van der Waals surface area contributed by atoms with Crippen molar-refractivity contribution in [3.8, 4) is 0 Å². The Hall–Kier alpha value is -2.35. The number of hydrogen-bond acceptors (Lipinski definition) is 6. The number of carbonyl (C=O) groups is 1. The highest BCUT2D eigenvalue weighted by molar-refractivity contribution is 5.76. The number of benzene rings is 1. The molecule has 1 aromatic carbocycles. The first-order chi connectivity index (χ1) is 15.1. The zero-order valence-electron chi connectivity index (χ0n) is 17.9. The molecule has 0 unspecified atom stereocenters. The number of aromatic amines is 1. The predicted octanol–water partition coefficient (Wildman–Crippen LogP) is 3.18. The van der Waals surface area contributed by atoms with Crippen LogP contribution in [0, 0.1) is 11.8 Å². The lowest BCUT2D eigenvalue weighted by Crippen LogP contribution is -2.52. The fourth-order valence-corrected chi connectivity index (χ4v) is 5.02. The van der Waals surface area contributed by atoms with Crippen molar-refractivity contribution in [1.82, 2.24) is 25.9 Å². The molecule has 31 heavy (non-hydrogen) atoms. The van der Waals surface area contributed by atoms with Crippen molar-refractivity contribution >= 4 is 5.97 Å². The van der Waals surface area contributed by atoms with Crippen LogP contribution in [-0.2, 0) is 22.4 Å². The number of H-pyrrole nitrogens is 1. The number of ether oxygens (including phenoxy) is 1. The van der Waals surface area contributed by atoms with Gasteiger partial charge in [-0.05, 0) is 75.3 Å². The number of piperidine rings is 1. The highest BCUT2D eigenvalue weighted by Crippen LogP contribution is 2.44. The molecule has 1 saturated carbocycles. The summed E-state index contributed by atoms with van der Waals surface area (Å²) < 4.78 is 21.0. The molecule has 2 aromatic rings. The highest BCUT2D eigenvalue weighted by Gasteiger charge is 2.44. The topological polar surface area (TPSA) is 92.8 Å². The fraction of sp³-hybridized carbons (Fsp3) is 0.652. The van der Waals surface area contributed by atoms with Gasteiger partial charge >= 0.3 is 5.97 Å². The summed E-state index contributed by atoms with van der Waals surface area (Å²) in [5.74, 6) is 1.00. The van der Waals surface area contributed by atoms with E-state index in [9.17, 15) is 4.79 Å². The fourth-order valence-electron chi connectivity index (χ4n) is 5.02. The lowest BCUT2D eigenvalue weighted by Gasteiger charge is -2.44. The average molecular weight is 430 g/mol. The van der Waals surface area contributed by atoms with E-state index in [-0.39, 0.29) is 17.9 Å². The van der Waals surface area contributed by atoms with Gasteiger partial charge in [-0.3, -0.25) is 4.79 Å². The zero-order valence-corrected chi connectivity index (χ0v) is 17.9. The first-order valence-corrected chi connectivity index (χ1v) is 11.5. The van der Waals surface area contributed by atoms with Crippen LogP contribution in [0.1, 0.15) is 56.3 Å². The monoisotopic (exact) mass is 429 g/mol. The van der Waals surface area contributed by atoms with E-state index >= 15 is 4.39 Å². The van der Waals surface area contributed by atoms with Crippen LogP contribution < -0.4 is 5.32 Å². The summed E-state index contributed by atoms with van der Waals surface area (Å²) in [4.78, 5) is 12.5. The minimum Gasteiger partial charge on any atom is -0.465 e. The molecular formula is C23H32FN5O2. The summed E-state index contributed by atoms with van der Waals surface area (Å²) in [6.07, 6.45) is 6.28. The number of nitrogens with zero attached hydrogens (tertiary/aromatic N) is 3. The van der Waals surface area contributed by atoms with Crippen LogP contribution in [0.25, 0.3) is 0 Å². The minimum atomic E-state index is -1.22. The number of aryl methyl sites for hydroxylation is 2. The number of hydrogen-bond donors (Lipinski definition) is 2. The smallest absolute Gasteiger partial charge is 0.323 e. The van der Waals surface area contributed by atoms with Crippen molar-refractivity contribution in [2.24, 2.45) is 11.8 Å². The molecule has 2 fully saturated rings. The van der Waals surface area contributed by atoms with Gasteiger partial charge in [-0.2, -0.15) is 5.21 Å². The SMILES string of the molecule is O=C(OCCCCc1ccccc1)[C@@H]1C[C@H]2C[C@@](F)(CCc3nn[nH]n3)CC[C@H]2CN1. The van der Waals surface area contributed by atoms with Crippen LogP contribution in [0.5, 0.6) is 0 Å². The van der Waals surface area contributed by atoms with Crippen molar-refractivity contribution in [1.29, 1.82) is 0 Å². The van der Waals surface area contributed by atoms with Crippen molar-refractivity contribution in [2.45, 2.75) is 69.5 Å². The van der Waals surface area contributed by atoms with E-state index in [1.165, 1.54) is 5.56 Å².